The van der Waals surface area contributed by atoms with E-state index < -0.39 is 6.09 Å². The number of amides is 2. The maximum absolute atomic E-state index is 13.0. The number of hydrogen-bond acceptors (Lipinski definition) is 7. The number of aromatic nitrogens is 1. The van der Waals surface area contributed by atoms with Gasteiger partial charge in [0.1, 0.15) is 18.5 Å². The van der Waals surface area contributed by atoms with Gasteiger partial charge < -0.3 is 29.4 Å². The summed E-state index contributed by atoms with van der Waals surface area (Å²) < 4.78 is 17.9. The summed E-state index contributed by atoms with van der Waals surface area (Å²) in [5.74, 6) is 0.107. The van der Waals surface area contributed by atoms with Crippen LogP contribution in [0.4, 0.5) is 4.79 Å². The van der Waals surface area contributed by atoms with E-state index >= 15 is 0 Å². The van der Waals surface area contributed by atoms with Gasteiger partial charge in [0.2, 0.25) is 5.43 Å². The quantitative estimate of drug-likeness (QED) is 0.791. The minimum absolute atomic E-state index is 0.0111. The van der Waals surface area contributed by atoms with Crippen molar-refractivity contribution in [1.29, 1.82) is 0 Å². The fraction of sp³-hybridized carbons (Fsp3) is 0.350. The highest BCUT2D eigenvalue weighted by atomic mass is 16.6. The summed E-state index contributed by atoms with van der Waals surface area (Å²) in [6, 6.07) is 8.08. The molecule has 2 amide bonds. The minimum atomic E-state index is -0.477. The van der Waals surface area contributed by atoms with Gasteiger partial charge in [0.25, 0.3) is 5.91 Å². The number of pyridine rings is 1. The van der Waals surface area contributed by atoms with Crippen LogP contribution >= 0.6 is 0 Å². The first-order valence-corrected chi connectivity index (χ1v) is 9.46. The zero-order valence-corrected chi connectivity index (χ0v) is 16.7. The van der Waals surface area contributed by atoms with E-state index in [2.05, 4.69) is 5.43 Å². The maximum atomic E-state index is 13.0. The van der Waals surface area contributed by atoms with Crippen LogP contribution in [-0.4, -0.2) is 66.5 Å². The van der Waals surface area contributed by atoms with E-state index in [1.807, 2.05) is 0 Å². The highest BCUT2D eigenvalue weighted by molar-refractivity contribution is 5.96. The average Bonchev–Trinajstić information content (AvgIpc) is 2.74. The second-order valence-electron chi connectivity index (χ2n) is 7.14. The van der Waals surface area contributed by atoms with E-state index in [0.717, 1.165) is 5.56 Å². The zero-order valence-electron chi connectivity index (χ0n) is 16.7. The normalized spacial score (nSPS) is 17.5. The predicted octanol–water partition coefficient (Wildman–Crippen LogP) is 0.843. The Kier molecular flexibility index (Phi) is 5.32. The molecule has 0 spiro atoms. The first-order chi connectivity index (χ1) is 14.4. The molecule has 2 aromatic rings. The van der Waals surface area contributed by atoms with Crippen LogP contribution in [0.15, 0.2) is 41.3 Å². The Bertz CT molecular complexity index is 1020. The molecule has 4 rings (SSSR count). The topological polar surface area (TPSA) is 102 Å². The summed E-state index contributed by atoms with van der Waals surface area (Å²) in [4.78, 5) is 40.0. The number of carbonyl (C=O) groups excluding carboxylic acids is 2. The Morgan fingerprint density at radius 2 is 2.00 bits per heavy atom. The fourth-order valence-corrected chi connectivity index (χ4v) is 3.22. The Morgan fingerprint density at radius 1 is 1.23 bits per heavy atom. The van der Waals surface area contributed by atoms with E-state index in [0.29, 0.717) is 25.5 Å². The molecular weight excluding hydrogens is 392 g/mol. The lowest BCUT2D eigenvalue weighted by molar-refractivity contribution is -0.00327. The molecule has 1 fully saturated rings. The lowest BCUT2D eigenvalue weighted by Crippen LogP contribution is -2.59. The molecule has 1 aromatic carbocycles. The van der Waals surface area contributed by atoms with Crippen LogP contribution < -0.4 is 20.3 Å². The molecular formula is C20H22N4O6. The molecule has 1 saturated heterocycles. The summed E-state index contributed by atoms with van der Waals surface area (Å²) in [6.07, 6.45) is 0.754. The molecule has 2 aliphatic rings. The number of hydrogen-bond donors (Lipinski definition) is 1. The van der Waals surface area contributed by atoms with Gasteiger partial charge in [0.15, 0.2) is 11.4 Å². The van der Waals surface area contributed by atoms with Crippen molar-refractivity contribution in [2.45, 2.75) is 12.8 Å². The molecule has 1 N–H and O–H groups in total. The Hall–Kier alpha value is -3.53. The Balaban J connectivity index is 1.51. The summed E-state index contributed by atoms with van der Waals surface area (Å²) in [5, 5.41) is 0. The standard InChI is InChI=1S/C20H22N4O6/c1-22(2)20(27)30-14-5-3-13(4-6-14)11-29-18-15(25)7-8-24-17(18)19(26)23-9-10-28-12-16(23)21-24/h3-8,16,21H,9-12H2,1-2H3. The molecule has 0 radical (unpaired) electrons. The van der Waals surface area contributed by atoms with Crippen molar-refractivity contribution in [1.82, 2.24) is 14.5 Å². The molecule has 10 heteroatoms. The van der Waals surface area contributed by atoms with Crippen molar-refractivity contribution in [3.63, 3.8) is 0 Å². The average molecular weight is 414 g/mol. The molecule has 30 heavy (non-hydrogen) atoms. The molecule has 10 nitrogen and oxygen atoms in total. The van der Waals surface area contributed by atoms with Gasteiger partial charge >= 0.3 is 6.09 Å². The van der Waals surface area contributed by atoms with E-state index in [1.165, 1.54) is 21.8 Å². The number of nitrogens with zero attached hydrogens (tertiary/aromatic N) is 3. The summed E-state index contributed by atoms with van der Waals surface area (Å²) in [7, 11) is 3.19. The van der Waals surface area contributed by atoms with Gasteiger partial charge in [-0.2, -0.15) is 0 Å². The predicted molar refractivity (Wildman–Crippen MR) is 106 cm³/mol. The molecule has 1 aromatic heterocycles. The van der Waals surface area contributed by atoms with Crippen molar-refractivity contribution >= 4 is 12.0 Å². The Morgan fingerprint density at radius 3 is 2.73 bits per heavy atom. The maximum Gasteiger partial charge on any atom is 0.414 e. The summed E-state index contributed by atoms with van der Waals surface area (Å²) in [5.41, 5.74) is 3.70. The van der Waals surface area contributed by atoms with Crippen molar-refractivity contribution in [2.75, 3.05) is 39.3 Å². The van der Waals surface area contributed by atoms with Crippen LogP contribution in [-0.2, 0) is 11.3 Å². The number of nitrogens with one attached hydrogen (secondary N) is 1. The Labute approximate surface area is 172 Å². The first kappa shape index (κ1) is 19.8. The van der Waals surface area contributed by atoms with Crippen LogP contribution in [0.2, 0.25) is 0 Å². The molecule has 1 atom stereocenters. The van der Waals surface area contributed by atoms with Crippen molar-refractivity contribution in [2.24, 2.45) is 0 Å². The third kappa shape index (κ3) is 3.81. The number of carbonyl (C=O) groups is 2. The number of rotatable bonds is 4. The minimum Gasteiger partial charge on any atom is -0.482 e. The van der Waals surface area contributed by atoms with E-state index in [9.17, 15) is 14.4 Å². The number of morpholine rings is 1. The largest absolute Gasteiger partial charge is 0.482 e. The summed E-state index contributed by atoms with van der Waals surface area (Å²) >= 11 is 0. The van der Waals surface area contributed by atoms with Gasteiger partial charge in [0, 0.05) is 32.9 Å². The molecule has 158 valence electrons. The summed E-state index contributed by atoms with van der Waals surface area (Å²) in [6.45, 7) is 1.33. The molecule has 3 heterocycles. The third-order valence-corrected chi connectivity index (χ3v) is 4.81. The highest BCUT2D eigenvalue weighted by Gasteiger charge is 2.36. The molecule has 0 saturated carbocycles. The van der Waals surface area contributed by atoms with Gasteiger partial charge in [0.05, 0.1) is 13.2 Å². The second kappa shape index (κ2) is 8.07. The van der Waals surface area contributed by atoms with Crippen LogP contribution in [0.3, 0.4) is 0 Å². The molecule has 2 aliphatic heterocycles. The molecule has 0 bridgehead atoms. The van der Waals surface area contributed by atoms with Gasteiger partial charge in [-0.3, -0.25) is 14.3 Å². The monoisotopic (exact) mass is 414 g/mol. The SMILES string of the molecule is CN(C)C(=O)Oc1ccc(COc2c3n(ccc2=O)NC2COCCN2C3=O)cc1. The first-order valence-electron chi connectivity index (χ1n) is 9.46. The fourth-order valence-electron chi connectivity index (χ4n) is 3.22. The second-order valence-corrected chi connectivity index (χ2v) is 7.14. The van der Waals surface area contributed by atoms with E-state index in [1.54, 1.807) is 43.3 Å². The van der Waals surface area contributed by atoms with Crippen LogP contribution in [0.1, 0.15) is 16.1 Å². The van der Waals surface area contributed by atoms with Gasteiger partial charge in [-0.05, 0) is 17.7 Å². The van der Waals surface area contributed by atoms with E-state index in [4.69, 9.17) is 14.2 Å². The van der Waals surface area contributed by atoms with Crippen molar-refractivity contribution in [3.8, 4) is 11.5 Å². The highest BCUT2D eigenvalue weighted by Crippen LogP contribution is 2.23. The lowest BCUT2D eigenvalue weighted by atomic mass is 10.2. The van der Waals surface area contributed by atoms with Crippen molar-refractivity contribution < 1.29 is 23.8 Å². The lowest BCUT2D eigenvalue weighted by Gasteiger charge is -2.41. The number of benzene rings is 1. The third-order valence-electron chi connectivity index (χ3n) is 4.81. The molecule has 0 aliphatic carbocycles. The van der Waals surface area contributed by atoms with Crippen LogP contribution in [0, 0.1) is 0 Å². The van der Waals surface area contributed by atoms with Crippen LogP contribution in [0.5, 0.6) is 11.5 Å². The van der Waals surface area contributed by atoms with Crippen LogP contribution in [0.25, 0.3) is 0 Å². The molecule has 1 unspecified atom stereocenters. The van der Waals surface area contributed by atoms with Gasteiger partial charge in [-0.1, -0.05) is 12.1 Å². The number of ether oxygens (including phenoxy) is 3. The van der Waals surface area contributed by atoms with Gasteiger partial charge in [-0.15, -0.1) is 0 Å². The van der Waals surface area contributed by atoms with Gasteiger partial charge in [-0.25, -0.2) is 4.79 Å². The number of fused-ring (bicyclic) bond motifs is 2. The smallest absolute Gasteiger partial charge is 0.414 e. The van der Waals surface area contributed by atoms with Crippen molar-refractivity contribution in [3.05, 3.63) is 58.0 Å². The van der Waals surface area contributed by atoms with E-state index in [-0.39, 0.29) is 35.6 Å². The zero-order chi connectivity index (χ0) is 21.3.